The zero-order valence-electron chi connectivity index (χ0n) is 10.2. The molecule has 2 heteroatoms. The molecule has 0 amide bonds. The fourth-order valence-corrected chi connectivity index (χ4v) is 2.50. The lowest BCUT2D eigenvalue weighted by molar-refractivity contribution is 0.726. The van der Waals surface area contributed by atoms with Gasteiger partial charge in [0, 0.05) is 25.3 Å². The highest BCUT2D eigenvalue weighted by atomic mass is 15.1. The van der Waals surface area contributed by atoms with Crippen molar-refractivity contribution in [1.82, 2.24) is 0 Å². The SMILES string of the molecule is Cc1ccc(N2CCCCCC2)c(CN)c1. The van der Waals surface area contributed by atoms with Gasteiger partial charge in [-0.2, -0.15) is 0 Å². The van der Waals surface area contributed by atoms with Crippen LogP contribution in [0.1, 0.15) is 36.8 Å². The first kappa shape index (κ1) is 11.5. The molecule has 0 spiro atoms. The third kappa shape index (κ3) is 2.56. The van der Waals surface area contributed by atoms with E-state index in [0.29, 0.717) is 6.54 Å². The van der Waals surface area contributed by atoms with Gasteiger partial charge >= 0.3 is 0 Å². The van der Waals surface area contributed by atoms with Crippen molar-refractivity contribution in [2.45, 2.75) is 39.2 Å². The van der Waals surface area contributed by atoms with Crippen LogP contribution in [0, 0.1) is 6.92 Å². The topological polar surface area (TPSA) is 29.3 Å². The second-order valence-corrected chi connectivity index (χ2v) is 4.74. The zero-order valence-corrected chi connectivity index (χ0v) is 10.2. The van der Waals surface area contributed by atoms with Gasteiger partial charge in [-0.1, -0.05) is 30.5 Å². The largest absolute Gasteiger partial charge is 0.371 e. The monoisotopic (exact) mass is 218 g/mol. The van der Waals surface area contributed by atoms with Crippen LogP contribution in [-0.2, 0) is 6.54 Å². The van der Waals surface area contributed by atoms with Crippen molar-refractivity contribution in [1.29, 1.82) is 0 Å². The molecule has 0 radical (unpaired) electrons. The first-order chi connectivity index (χ1) is 7.81. The number of hydrogen-bond donors (Lipinski definition) is 1. The predicted molar refractivity (Wildman–Crippen MR) is 69.8 cm³/mol. The molecular formula is C14H22N2. The van der Waals surface area contributed by atoms with Crippen LogP contribution in [0.3, 0.4) is 0 Å². The van der Waals surface area contributed by atoms with Crippen molar-refractivity contribution < 1.29 is 0 Å². The molecule has 0 aromatic heterocycles. The van der Waals surface area contributed by atoms with Crippen LogP contribution in [-0.4, -0.2) is 13.1 Å². The van der Waals surface area contributed by atoms with Crippen molar-refractivity contribution in [2.24, 2.45) is 5.73 Å². The highest BCUT2D eigenvalue weighted by molar-refractivity contribution is 5.55. The van der Waals surface area contributed by atoms with Crippen molar-refractivity contribution in [3.8, 4) is 0 Å². The highest BCUT2D eigenvalue weighted by Crippen LogP contribution is 2.24. The van der Waals surface area contributed by atoms with E-state index in [1.54, 1.807) is 0 Å². The number of nitrogens with two attached hydrogens (primary N) is 1. The van der Waals surface area contributed by atoms with Crippen LogP contribution < -0.4 is 10.6 Å². The van der Waals surface area contributed by atoms with Gasteiger partial charge in [0.05, 0.1) is 0 Å². The minimum Gasteiger partial charge on any atom is -0.371 e. The Morgan fingerprint density at radius 1 is 1.12 bits per heavy atom. The molecule has 0 aliphatic carbocycles. The van der Waals surface area contributed by atoms with Crippen LogP contribution >= 0.6 is 0 Å². The molecule has 1 aromatic carbocycles. The molecule has 1 aliphatic heterocycles. The molecule has 2 N–H and O–H groups in total. The van der Waals surface area contributed by atoms with E-state index in [1.165, 1.54) is 55.6 Å². The van der Waals surface area contributed by atoms with E-state index in [1.807, 2.05) is 0 Å². The fourth-order valence-electron chi connectivity index (χ4n) is 2.50. The maximum absolute atomic E-state index is 5.84. The van der Waals surface area contributed by atoms with Crippen LogP contribution in [0.2, 0.25) is 0 Å². The van der Waals surface area contributed by atoms with Gasteiger partial charge in [0.2, 0.25) is 0 Å². The highest BCUT2D eigenvalue weighted by Gasteiger charge is 2.12. The second-order valence-electron chi connectivity index (χ2n) is 4.74. The van der Waals surface area contributed by atoms with E-state index in [2.05, 4.69) is 30.0 Å². The minimum atomic E-state index is 0.646. The molecule has 0 bridgehead atoms. The summed E-state index contributed by atoms with van der Waals surface area (Å²) in [6.07, 6.45) is 5.39. The van der Waals surface area contributed by atoms with Gasteiger partial charge < -0.3 is 10.6 Å². The Morgan fingerprint density at radius 2 is 1.81 bits per heavy atom. The van der Waals surface area contributed by atoms with Gasteiger partial charge in [-0.25, -0.2) is 0 Å². The van der Waals surface area contributed by atoms with Gasteiger partial charge in [-0.15, -0.1) is 0 Å². The van der Waals surface area contributed by atoms with Crippen molar-refractivity contribution in [3.63, 3.8) is 0 Å². The van der Waals surface area contributed by atoms with Gasteiger partial charge in [0.25, 0.3) is 0 Å². The molecule has 88 valence electrons. The van der Waals surface area contributed by atoms with Gasteiger partial charge in [0.15, 0.2) is 0 Å². The lowest BCUT2D eigenvalue weighted by Gasteiger charge is -2.25. The zero-order chi connectivity index (χ0) is 11.4. The van der Waals surface area contributed by atoms with Crippen molar-refractivity contribution in [3.05, 3.63) is 29.3 Å². The first-order valence-electron chi connectivity index (χ1n) is 6.36. The molecule has 2 rings (SSSR count). The third-order valence-corrected chi connectivity index (χ3v) is 3.40. The third-order valence-electron chi connectivity index (χ3n) is 3.40. The van der Waals surface area contributed by atoms with Crippen LogP contribution in [0.15, 0.2) is 18.2 Å². The summed E-state index contributed by atoms with van der Waals surface area (Å²) < 4.78 is 0. The van der Waals surface area contributed by atoms with Crippen LogP contribution in [0.25, 0.3) is 0 Å². The predicted octanol–water partition coefficient (Wildman–Crippen LogP) is 2.83. The summed E-state index contributed by atoms with van der Waals surface area (Å²) in [6.45, 7) is 5.16. The van der Waals surface area contributed by atoms with E-state index in [0.717, 1.165) is 0 Å². The van der Waals surface area contributed by atoms with Crippen molar-refractivity contribution in [2.75, 3.05) is 18.0 Å². The number of aryl methyl sites for hydroxylation is 1. The molecule has 1 saturated heterocycles. The second kappa shape index (κ2) is 5.35. The molecule has 0 saturated carbocycles. The Hall–Kier alpha value is -1.02. The summed E-state index contributed by atoms with van der Waals surface area (Å²) >= 11 is 0. The maximum Gasteiger partial charge on any atom is 0.0411 e. The standard InChI is InChI=1S/C14H22N2/c1-12-6-7-14(13(10-12)11-15)16-8-4-2-3-5-9-16/h6-7,10H,2-5,8-9,11,15H2,1H3. The number of nitrogens with zero attached hydrogens (tertiary/aromatic N) is 1. The summed E-state index contributed by atoms with van der Waals surface area (Å²) in [4.78, 5) is 2.51. The quantitative estimate of drug-likeness (QED) is 0.827. The van der Waals surface area contributed by atoms with Gasteiger partial charge in [-0.05, 0) is 31.4 Å². The molecule has 1 fully saturated rings. The Kier molecular flexibility index (Phi) is 3.83. The average Bonchev–Trinajstić information content (AvgIpc) is 2.57. The van der Waals surface area contributed by atoms with E-state index in [-0.39, 0.29) is 0 Å². The Morgan fingerprint density at radius 3 is 2.44 bits per heavy atom. The summed E-state index contributed by atoms with van der Waals surface area (Å²) in [7, 11) is 0. The molecular weight excluding hydrogens is 196 g/mol. The minimum absolute atomic E-state index is 0.646. The smallest absolute Gasteiger partial charge is 0.0411 e. The lowest BCUT2D eigenvalue weighted by atomic mass is 10.1. The lowest BCUT2D eigenvalue weighted by Crippen LogP contribution is -2.25. The summed E-state index contributed by atoms with van der Waals surface area (Å²) in [5.74, 6) is 0. The fraction of sp³-hybridized carbons (Fsp3) is 0.571. The normalized spacial score (nSPS) is 17.2. The molecule has 1 aromatic rings. The van der Waals surface area contributed by atoms with E-state index in [9.17, 15) is 0 Å². The first-order valence-corrected chi connectivity index (χ1v) is 6.36. The Balaban J connectivity index is 2.23. The Labute approximate surface area is 98.4 Å². The van der Waals surface area contributed by atoms with Crippen LogP contribution in [0.5, 0.6) is 0 Å². The Bertz CT molecular complexity index is 339. The average molecular weight is 218 g/mol. The van der Waals surface area contributed by atoms with E-state index in [4.69, 9.17) is 5.73 Å². The number of hydrogen-bond acceptors (Lipinski definition) is 2. The molecule has 0 atom stereocenters. The molecule has 1 heterocycles. The summed E-state index contributed by atoms with van der Waals surface area (Å²) in [5, 5.41) is 0. The summed E-state index contributed by atoms with van der Waals surface area (Å²) in [6, 6.07) is 6.66. The summed E-state index contributed by atoms with van der Waals surface area (Å²) in [5.41, 5.74) is 9.79. The van der Waals surface area contributed by atoms with Gasteiger partial charge in [0.1, 0.15) is 0 Å². The number of anilines is 1. The molecule has 2 nitrogen and oxygen atoms in total. The number of rotatable bonds is 2. The van der Waals surface area contributed by atoms with Crippen LogP contribution in [0.4, 0.5) is 5.69 Å². The molecule has 16 heavy (non-hydrogen) atoms. The van der Waals surface area contributed by atoms with Crippen molar-refractivity contribution >= 4 is 5.69 Å². The molecule has 1 aliphatic rings. The maximum atomic E-state index is 5.84. The molecule has 0 unspecified atom stereocenters. The van der Waals surface area contributed by atoms with E-state index >= 15 is 0 Å². The van der Waals surface area contributed by atoms with Gasteiger partial charge in [-0.3, -0.25) is 0 Å². The van der Waals surface area contributed by atoms with E-state index < -0.39 is 0 Å². The number of benzene rings is 1.